The molecule has 5 rings (SSSR count). The lowest BCUT2D eigenvalue weighted by atomic mass is 9.98. The van der Waals surface area contributed by atoms with E-state index in [0.717, 1.165) is 35.1 Å². The number of nitrogens with zero attached hydrogens (tertiary/aromatic N) is 1. The molecule has 1 saturated carbocycles. The molecule has 0 bridgehead atoms. The summed E-state index contributed by atoms with van der Waals surface area (Å²) in [5, 5.41) is 12.5. The highest BCUT2D eigenvalue weighted by molar-refractivity contribution is 5.94. The van der Waals surface area contributed by atoms with Crippen LogP contribution in [-0.2, 0) is 19.1 Å². The van der Waals surface area contributed by atoms with Gasteiger partial charge >= 0.3 is 12.1 Å². The van der Waals surface area contributed by atoms with E-state index in [9.17, 15) is 19.5 Å². The molecule has 1 aliphatic heterocycles. The molecule has 2 fully saturated rings. The van der Waals surface area contributed by atoms with Crippen molar-refractivity contribution in [3.8, 4) is 11.1 Å². The highest BCUT2D eigenvalue weighted by atomic mass is 16.5. The fourth-order valence-electron chi connectivity index (χ4n) is 5.82. The number of carbonyl (C=O) groups excluding carboxylic acids is 2. The van der Waals surface area contributed by atoms with Crippen molar-refractivity contribution in [3.05, 3.63) is 59.7 Å². The van der Waals surface area contributed by atoms with Crippen LogP contribution in [0.4, 0.5) is 4.79 Å². The summed E-state index contributed by atoms with van der Waals surface area (Å²) >= 11 is 0. The Bertz CT molecular complexity index is 1120. The van der Waals surface area contributed by atoms with E-state index >= 15 is 0 Å². The van der Waals surface area contributed by atoms with Crippen LogP contribution in [0, 0.1) is 5.92 Å². The molecule has 184 valence electrons. The molecule has 0 spiro atoms. The molecule has 1 heterocycles. The lowest BCUT2D eigenvalue weighted by Gasteiger charge is -2.37. The van der Waals surface area contributed by atoms with Gasteiger partial charge in [-0.1, -0.05) is 48.5 Å². The number of fused-ring (bicyclic) bond motifs is 4. The largest absolute Gasteiger partial charge is 0.479 e. The van der Waals surface area contributed by atoms with Crippen molar-refractivity contribution in [1.82, 2.24) is 10.2 Å². The van der Waals surface area contributed by atoms with Gasteiger partial charge in [0.05, 0.1) is 6.10 Å². The summed E-state index contributed by atoms with van der Waals surface area (Å²) in [5.41, 5.74) is 3.28. The number of benzene rings is 2. The van der Waals surface area contributed by atoms with E-state index < -0.39 is 35.7 Å². The fraction of sp³-hybridized carbons (Fsp3) is 0.444. The van der Waals surface area contributed by atoms with Gasteiger partial charge in [0.1, 0.15) is 18.2 Å². The maximum atomic E-state index is 13.5. The smallest absolute Gasteiger partial charge is 0.407 e. The standard InChI is InChI=1S/C27H30N2O6/c1-16(34-2)23(24(30)29-13-7-8-17-14-27(17,29)25(31)32)28-26(33)35-15-22-20-11-5-3-9-18(20)19-10-4-6-12-21(19)22/h3-6,9-12,16-17,22-23H,7-8,13-15H2,1-2H3,(H,28,33)(H,31,32)/t16-,17-,23+,27+/m1/s1. The summed E-state index contributed by atoms with van der Waals surface area (Å²) in [6, 6.07) is 15.1. The lowest BCUT2D eigenvalue weighted by Crippen LogP contribution is -2.60. The second kappa shape index (κ2) is 9.00. The number of carboxylic acid groups (broad SMARTS) is 1. The van der Waals surface area contributed by atoms with Crippen molar-refractivity contribution in [2.24, 2.45) is 5.92 Å². The summed E-state index contributed by atoms with van der Waals surface area (Å²) in [4.78, 5) is 39.8. The highest BCUT2D eigenvalue weighted by Crippen LogP contribution is 2.54. The van der Waals surface area contributed by atoms with Gasteiger partial charge < -0.3 is 24.8 Å². The van der Waals surface area contributed by atoms with Crippen molar-refractivity contribution in [2.45, 2.75) is 49.8 Å². The van der Waals surface area contributed by atoms with Gasteiger partial charge in [0.2, 0.25) is 5.91 Å². The molecular formula is C27H30N2O6. The number of likely N-dealkylation sites (tertiary alicyclic amines) is 1. The Morgan fingerprint density at radius 1 is 1.11 bits per heavy atom. The second-order valence-electron chi connectivity index (χ2n) is 9.65. The maximum Gasteiger partial charge on any atom is 0.407 e. The first-order valence-electron chi connectivity index (χ1n) is 12.1. The maximum absolute atomic E-state index is 13.5. The Kier molecular flexibility index (Phi) is 6.01. The zero-order chi connectivity index (χ0) is 24.7. The number of methoxy groups -OCH3 is 1. The van der Waals surface area contributed by atoms with Crippen LogP contribution >= 0.6 is 0 Å². The topological polar surface area (TPSA) is 105 Å². The predicted octanol–water partition coefficient (Wildman–Crippen LogP) is 3.39. The Morgan fingerprint density at radius 3 is 2.34 bits per heavy atom. The molecule has 3 aliphatic rings. The third kappa shape index (κ3) is 3.86. The van der Waals surface area contributed by atoms with Gasteiger partial charge in [0.25, 0.3) is 0 Å². The molecule has 2 aliphatic carbocycles. The van der Waals surface area contributed by atoms with Crippen LogP contribution < -0.4 is 5.32 Å². The number of amides is 2. The van der Waals surface area contributed by atoms with Crippen LogP contribution in [0.15, 0.2) is 48.5 Å². The molecule has 0 aromatic heterocycles. The van der Waals surface area contributed by atoms with E-state index in [2.05, 4.69) is 17.4 Å². The van der Waals surface area contributed by atoms with Crippen LogP contribution in [0.1, 0.15) is 43.2 Å². The Hall–Kier alpha value is -3.39. The van der Waals surface area contributed by atoms with Crippen molar-refractivity contribution >= 4 is 18.0 Å². The number of piperidine rings is 1. The Morgan fingerprint density at radius 2 is 1.74 bits per heavy atom. The number of hydrogen-bond donors (Lipinski definition) is 2. The lowest BCUT2D eigenvalue weighted by molar-refractivity contribution is -0.156. The number of nitrogens with one attached hydrogen (secondary N) is 1. The number of carboxylic acids is 1. The molecule has 2 N–H and O–H groups in total. The summed E-state index contributed by atoms with van der Waals surface area (Å²) in [6.07, 6.45) is 0.591. The van der Waals surface area contributed by atoms with Gasteiger partial charge in [-0.05, 0) is 54.4 Å². The van der Waals surface area contributed by atoms with Gasteiger partial charge in [0, 0.05) is 19.6 Å². The van der Waals surface area contributed by atoms with Crippen LogP contribution in [0.5, 0.6) is 0 Å². The summed E-state index contributed by atoms with van der Waals surface area (Å²) in [5.74, 6) is -1.57. The van der Waals surface area contributed by atoms with E-state index in [1.807, 2.05) is 36.4 Å². The first-order chi connectivity index (χ1) is 16.9. The first-order valence-corrected chi connectivity index (χ1v) is 12.1. The quantitative estimate of drug-likeness (QED) is 0.632. The van der Waals surface area contributed by atoms with E-state index in [-0.39, 0.29) is 18.4 Å². The SMILES string of the molecule is CO[C@H](C)[C@H](NC(=O)OCC1c2ccccc2-c2ccccc21)C(=O)N1CCC[C@@H]2C[C@@]21C(=O)O. The average molecular weight is 479 g/mol. The molecule has 0 unspecified atom stereocenters. The Balaban J connectivity index is 1.30. The number of aliphatic carboxylic acids is 1. The normalized spacial score (nSPS) is 23.9. The minimum Gasteiger partial charge on any atom is -0.479 e. The van der Waals surface area contributed by atoms with Gasteiger partial charge in [-0.25, -0.2) is 9.59 Å². The number of ether oxygens (including phenoxy) is 2. The molecular weight excluding hydrogens is 448 g/mol. The molecule has 35 heavy (non-hydrogen) atoms. The van der Waals surface area contributed by atoms with Gasteiger partial charge in [0.15, 0.2) is 0 Å². The minimum absolute atomic E-state index is 0.0364. The number of carbonyl (C=O) groups is 3. The van der Waals surface area contributed by atoms with E-state index in [4.69, 9.17) is 9.47 Å². The third-order valence-electron chi connectivity index (χ3n) is 7.85. The Labute approximate surface area is 204 Å². The molecule has 2 aromatic carbocycles. The summed E-state index contributed by atoms with van der Waals surface area (Å²) in [6.45, 7) is 2.14. The molecule has 8 heteroatoms. The van der Waals surface area contributed by atoms with Crippen molar-refractivity contribution in [2.75, 3.05) is 20.3 Å². The zero-order valence-corrected chi connectivity index (χ0v) is 19.9. The van der Waals surface area contributed by atoms with Gasteiger partial charge in [-0.15, -0.1) is 0 Å². The molecule has 0 radical (unpaired) electrons. The first kappa shape index (κ1) is 23.4. The van der Waals surface area contributed by atoms with Gasteiger partial charge in [-0.3, -0.25) is 4.79 Å². The number of hydrogen-bond acceptors (Lipinski definition) is 5. The van der Waals surface area contributed by atoms with Crippen LogP contribution in [0.2, 0.25) is 0 Å². The molecule has 2 aromatic rings. The average Bonchev–Trinajstić information content (AvgIpc) is 3.56. The van der Waals surface area contributed by atoms with Crippen molar-refractivity contribution < 1.29 is 29.0 Å². The minimum atomic E-state index is -1.16. The van der Waals surface area contributed by atoms with Crippen LogP contribution in [-0.4, -0.2) is 65.9 Å². The van der Waals surface area contributed by atoms with E-state index in [1.165, 1.54) is 12.0 Å². The second-order valence-corrected chi connectivity index (χ2v) is 9.65. The fourth-order valence-corrected chi connectivity index (χ4v) is 5.82. The van der Waals surface area contributed by atoms with E-state index in [0.29, 0.717) is 13.0 Å². The number of rotatable bonds is 7. The highest BCUT2D eigenvalue weighted by Gasteiger charge is 2.67. The number of alkyl carbamates (subject to hydrolysis) is 1. The molecule has 4 atom stereocenters. The summed E-state index contributed by atoms with van der Waals surface area (Å²) in [7, 11) is 1.45. The van der Waals surface area contributed by atoms with Crippen molar-refractivity contribution in [1.29, 1.82) is 0 Å². The molecule has 8 nitrogen and oxygen atoms in total. The summed E-state index contributed by atoms with van der Waals surface area (Å²) < 4.78 is 11.0. The molecule has 2 amide bonds. The predicted molar refractivity (Wildman–Crippen MR) is 128 cm³/mol. The van der Waals surface area contributed by atoms with E-state index in [1.54, 1.807) is 6.92 Å². The molecule has 1 saturated heterocycles. The monoisotopic (exact) mass is 478 g/mol. The zero-order valence-electron chi connectivity index (χ0n) is 19.9. The van der Waals surface area contributed by atoms with Crippen LogP contribution in [0.3, 0.4) is 0 Å². The van der Waals surface area contributed by atoms with Crippen molar-refractivity contribution in [3.63, 3.8) is 0 Å². The third-order valence-corrected chi connectivity index (χ3v) is 7.85. The van der Waals surface area contributed by atoms with Crippen LogP contribution in [0.25, 0.3) is 11.1 Å². The van der Waals surface area contributed by atoms with Gasteiger partial charge in [-0.2, -0.15) is 0 Å².